The zero-order chi connectivity index (χ0) is 17.9. The van der Waals surface area contributed by atoms with Crippen LogP contribution < -0.4 is 5.32 Å². The Kier molecular flexibility index (Phi) is 5.11. The zero-order valence-corrected chi connectivity index (χ0v) is 15.4. The number of nitrogens with zero attached hydrogens (tertiary/aromatic N) is 2. The molecule has 0 aromatic heterocycles. The highest BCUT2D eigenvalue weighted by Crippen LogP contribution is 2.42. The third kappa shape index (κ3) is 3.30. The molecule has 138 valence electrons. The lowest BCUT2D eigenvalue weighted by Gasteiger charge is -2.51. The predicted molar refractivity (Wildman–Crippen MR) is 105 cm³/mol. The summed E-state index contributed by atoms with van der Waals surface area (Å²) in [5.41, 5.74) is 1.28. The van der Waals surface area contributed by atoms with Crippen molar-refractivity contribution in [3.05, 3.63) is 60.7 Å². The van der Waals surface area contributed by atoms with Gasteiger partial charge in [-0.1, -0.05) is 48.6 Å². The zero-order valence-electron chi connectivity index (χ0n) is 15.4. The molecule has 2 heterocycles. The van der Waals surface area contributed by atoms with Crippen molar-refractivity contribution in [1.82, 2.24) is 15.1 Å². The average Bonchev–Trinajstić information content (AvgIpc) is 2.69. The molecule has 2 aliphatic heterocycles. The van der Waals surface area contributed by atoms with E-state index in [-0.39, 0.29) is 18.1 Å². The van der Waals surface area contributed by atoms with Crippen molar-refractivity contribution < 1.29 is 4.79 Å². The number of rotatable bonds is 4. The summed E-state index contributed by atoms with van der Waals surface area (Å²) < 4.78 is 0. The van der Waals surface area contributed by atoms with Crippen molar-refractivity contribution in [2.45, 2.75) is 43.8 Å². The van der Waals surface area contributed by atoms with Gasteiger partial charge in [-0.3, -0.25) is 4.90 Å². The van der Waals surface area contributed by atoms with Gasteiger partial charge in [-0.05, 0) is 31.2 Å². The Labute approximate surface area is 156 Å². The second kappa shape index (κ2) is 7.67. The molecule has 2 amide bonds. The Morgan fingerprint density at radius 2 is 1.85 bits per heavy atom. The first-order chi connectivity index (χ1) is 12.8. The summed E-state index contributed by atoms with van der Waals surface area (Å²) in [6, 6.07) is 11.5. The van der Waals surface area contributed by atoms with Crippen molar-refractivity contribution in [3.63, 3.8) is 0 Å². The van der Waals surface area contributed by atoms with Gasteiger partial charge in [0.2, 0.25) is 0 Å². The molecule has 0 saturated carbocycles. The molecular formula is C22H29N3O. The van der Waals surface area contributed by atoms with Gasteiger partial charge in [-0.2, -0.15) is 0 Å². The van der Waals surface area contributed by atoms with E-state index < -0.39 is 0 Å². The van der Waals surface area contributed by atoms with E-state index in [1.165, 1.54) is 5.56 Å². The molecule has 2 fully saturated rings. The largest absolute Gasteiger partial charge is 0.335 e. The first kappa shape index (κ1) is 17.3. The summed E-state index contributed by atoms with van der Waals surface area (Å²) in [5.74, 6) is 0.450. The number of carbonyl (C=O) groups excluding carboxylic acids is 1. The Morgan fingerprint density at radius 1 is 1.12 bits per heavy atom. The average molecular weight is 351 g/mol. The molecule has 0 bridgehead atoms. The maximum Gasteiger partial charge on any atom is 0.318 e. The predicted octanol–water partition coefficient (Wildman–Crippen LogP) is 3.74. The number of nitrogens with one attached hydrogen (secondary N) is 1. The number of benzene rings is 1. The standard InChI is InChI=1S/C22H29N3O/c1-2-14-24-15-12-18(13-16-24)25-21(17-8-4-3-5-9-17)19-10-6-7-11-20(19)23-22(25)26/h2-9,18-21H,1,10-16H2,(H,23,26). The van der Waals surface area contributed by atoms with Crippen LogP contribution in [-0.4, -0.2) is 47.5 Å². The fraction of sp³-hybridized carbons (Fsp3) is 0.500. The van der Waals surface area contributed by atoms with E-state index in [1.54, 1.807) is 0 Å². The van der Waals surface area contributed by atoms with Crippen LogP contribution in [0, 0.1) is 5.92 Å². The summed E-state index contributed by atoms with van der Waals surface area (Å²) in [7, 11) is 0. The number of likely N-dealkylation sites (tertiary alicyclic amines) is 1. The Bertz CT molecular complexity index is 663. The second-order valence-corrected chi connectivity index (χ2v) is 7.75. The molecule has 3 atom stereocenters. The number of carbonyl (C=O) groups is 1. The first-order valence-corrected chi connectivity index (χ1v) is 9.90. The highest BCUT2D eigenvalue weighted by molar-refractivity contribution is 5.77. The highest BCUT2D eigenvalue weighted by atomic mass is 16.2. The maximum atomic E-state index is 13.1. The van der Waals surface area contributed by atoms with Crippen LogP contribution in [0.1, 0.15) is 37.3 Å². The molecule has 1 N–H and O–H groups in total. The van der Waals surface area contributed by atoms with Crippen LogP contribution in [-0.2, 0) is 0 Å². The van der Waals surface area contributed by atoms with Crippen molar-refractivity contribution in [3.8, 4) is 0 Å². The molecule has 1 aliphatic carbocycles. The Hall–Kier alpha value is -2.07. The van der Waals surface area contributed by atoms with Crippen LogP contribution in [0.25, 0.3) is 0 Å². The lowest BCUT2D eigenvalue weighted by atomic mass is 9.77. The van der Waals surface area contributed by atoms with Gasteiger partial charge in [0.15, 0.2) is 0 Å². The van der Waals surface area contributed by atoms with Crippen molar-refractivity contribution in [2.24, 2.45) is 5.92 Å². The summed E-state index contributed by atoms with van der Waals surface area (Å²) >= 11 is 0. The minimum absolute atomic E-state index is 0.123. The first-order valence-electron chi connectivity index (χ1n) is 9.90. The third-order valence-corrected chi connectivity index (χ3v) is 6.21. The molecule has 0 spiro atoms. The van der Waals surface area contributed by atoms with E-state index in [2.05, 4.69) is 64.2 Å². The van der Waals surface area contributed by atoms with Gasteiger partial charge >= 0.3 is 6.03 Å². The normalized spacial score (nSPS) is 29.9. The van der Waals surface area contributed by atoms with E-state index in [0.29, 0.717) is 12.0 Å². The molecular weight excluding hydrogens is 322 g/mol. The summed E-state index contributed by atoms with van der Waals surface area (Å²) in [5, 5.41) is 3.31. The Morgan fingerprint density at radius 3 is 2.58 bits per heavy atom. The van der Waals surface area contributed by atoms with Crippen LogP contribution in [0.15, 0.2) is 55.1 Å². The molecule has 26 heavy (non-hydrogen) atoms. The topological polar surface area (TPSA) is 35.6 Å². The monoisotopic (exact) mass is 351 g/mol. The molecule has 3 unspecified atom stereocenters. The van der Waals surface area contributed by atoms with Gasteiger partial charge in [0.25, 0.3) is 0 Å². The van der Waals surface area contributed by atoms with Crippen LogP contribution in [0.5, 0.6) is 0 Å². The van der Waals surface area contributed by atoms with Gasteiger partial charge in [-0.15, -0.1) is 6.58 Å². The maximum absolute atomic E-state index is 13.1. The van der Waals surface area contributed by atoms with Crippen LogP contribution in [0.4, 0.5) is 4.79 Å². The number of hydrogen-bond acceptors (Lipinski definition) is 2. The molecule has 4 nitrogen and oxygen atoms in total. The highest BCUT2D eigenvalue weighted by Gasteiger charge is 2.45. The van der Waals surface area contributed by atoms with E-state index in [0.717, 1.165) is 45.3 Å². The van der Waals surface area contributed by atoms with Gasteiger partial charge in [0.05, 0.1) is 6.04 Å². The van der Waals surface area contributed by atoms with Crippen LogP contribution in [0.3, 0.4) is 0 Å². The molecule has 3 aliphatic rings. The SMILES string of the molecule is C=CCN1CCC(N2C(=O)NC3CC=CCC3C2c2ccccc2)CC1. The van der Waals surface area contributed by atoms with Gasteiger partial charge in [0.1, 0.15) is 0 Å². The fourth-order valence-corrected chi connectivity index (χ4v) is 4.93. The van der Waals surface area contributed by atoms with Gasteiger partial charge in [0, 0.05) is 37.6 Å². The van der Waals surface area contributed by atoms with Gasteiger partial charge < -0.3 is 10.2 Å². The molecule has 2 saturated heterocycles. The fourth-order valence-electron chi connectivity index (χ4n) is 4.93. The third-order valence-electron chi connectivity index (χ3n) is 6.21. The molecule has 0 radical (unpaired) electrons. The number of hydrogen-bond donors (Lipinski definition) is 1. The lowest BCUT2D eigenvalue weighted by molar-refractivity contribution is 0.0413. The number of urea groups is 1. The summed E-state index contributed by atoms with van der Waals surface area (Å²) in [6.45, 7) is 6.87. The van der Waals surface area contributed by atoms with E-state index >= 15 is 0 Å². The van der Waals surface area contributed by atoms with Crippen LogP contribution in [0.2, 0.25) is 0 Å². The van der Waals surface area contributed by atoms with Crippen molar-refractivity contribution >= 4 is 6.03 Å². The minimum atomic E-state index is 0.123. The van der Waals surface area contributed by atoms with Gasteiger partial charge in [-0.25, -0.2) is 4.79 Å². The summed E-state index contributed by atoms with van der Waals surface area (Å²) in [6.07, 6.45) is 10.5. The van der Waals surface area contributed by atoms with Crippen LogP contribution >= 0.6 is 0 Å². The second-order valence-electron chi connectivity index (χ2n) is 7.75. The molecule has 1 aromatic rings. The number of piperidine rings is 1. The van der Waals surface area contributed by atoms with E-state index in [9.17, 15) is 4.79 Å². The van der Waals surface area contributed by atoms with E-state index in [1.807, 2.05) is 6.08 Å². The van der Waals surface area contributed by atoms with Crippen molar-refractivity contribution in [2.75, 3.05) is 19.6 Å². The molecule has 4 heteroatoms. The summed E-state index contributed by atoms with van der Waals surface area (Å²) in [4.78, 5) is 17.7. The molecule has 4 rings (SSSR count). The molecule has 1 aromatic carbocycles. The Balaban J connectivity index is 1.61. The smallest absolute Gasteiger partial charge is 0.318 e. The quantitative estimate of drug-likeness (QED) is 0.839. The van der Waals surface area contributed by atoms with Crippen molar-refractivity contribution in [1.29, 1.82) is 0 Å². The number of allylic oxidation sites excluding steroid dienone is 1. The minimum Gasteiger partial charge on any atom is -0.335 e. The lowest BCUT2D eigenvalue weighted by Crippen LogP contribution is -2.62. The number of fused-ring (bicyclic) bond motifs is 1. The number of amides is 2. The van der Waals surface area contributed by atoms with E-state index in [4.69, 9.17) is 0 Å².